The zero-order chi connectivity index (χ0) is 13.8. The van der Waals surface area contributed by atoms with Gasteiger partial charge in [0, 0.05) is 18.8 Å². The van der Waals surface area contributed by atoms with E-state index in [0.717, 1.165) is 18.2 Å². The molecule has 3 heteroatoms. The number of aromatic nitrogens is 2. The van der Waals surface area contributed by atoms with Crippen LogP contribution >= 0.6 is 0 Å². The highest BCUT2D eigenvalue weighted by atomic mass is 15.1. The lowest BCUT2D eigenvalue weighted by Crippen LogP contribution is -2.25. The fraction of sp³-hybridized carbons (Fsp3) is 0.471. The molecule has 106 valence electrons. The Morgan fingerprint density at radius 2 is 2.05 bits per heavy atom. The summed E-state index contributed by atoms with van der Waals surface area (Å²) >= 11 is 0. The van der Waals surface area contributed by atoms with Crippen LogP contribution in [-0.2, 0) is 6.54 Å². The molecule has 2 aromatic rings. The molecule has 2 N–H and O–H groups in total. The Labute approximate surface area is 120 Å². The second-order valence-corrected chi connectivity index (χ2v) is 5.83. The fourth-order valence-corrected chi connectivity index (χ4v) is 3.11. The van der Waals surface area contributed by atoms with Crippen molar-refractivity contribution in [3.05, 3.63) is 42.1 Å². The van der Waals surface area contributed by atoms with E-state index < -0.39 is 0 Å². The topological polar surface area (TPSA) is 40.7 Å². The van der Waals surface area contributed by atoms with Gasteiger partial charge in [-0.15, -0.1) is 0 Å². The lowest BCUT2D eigenvalue weighted by molar-refractivity contribution is 0.477. The number of aromatic amines is 1. The predicted octanol–water partition coefficient (Wildman–Crippen LogP) is 3.75. The zero-order valence-corrected chi connectivity index (χ0v) is 12.1. The molecule has 1 saturated carbocycles. The van der Waals surface area contributed by atoms with Gasteiger partial charge in [-0.2, -0.15) is 5.10 Å². The minimum Gasteiger partial charge on any atom is -0.310 e. The second-order valence-electron chi connectivity index (χ2n) is 5.83. The number of nitrogens with zero attached hydrogens (tertiary/aromatic N) is 1. The first-order valence-corrected chi connectivity index (χ1v) is 7.67. The molecule has 0 saturated heterocycles. The van der Waals surface area contributed by atoms with Crippen LogP contribution in [0.3, 0.4) is 0 Å². The maximum Gasteiger partial charge on any atom is 0.0650 e. The smallest absolute Gasteiger partial charge is 0.0650 e. The Kier molecular flexibility index (Phi) is 4.16. The minimum atomic E-state index is 0.715. The SMILES string of the molecule is CCC1CCC(NCc2ccc(-c3ccn[nH]3)cc2)C1. The van der Waals surface area contributed by atoms with E-state index in [1.807, 2.05) is 6.07 Å². The normalized spacial score (nSPS) is 22.2. The van der Waals surface area contributed by atoms with Gasteiger partial charge >= 0.3 is 0 Å². The van der Waals surface area contributed by atoms with Crippen molar-refractivity contribution in [2.45, 2.75) is 45.2 Å². The number of H-pyrrole nitrogens is 1. The molecule has 1 fully saturated rings. The van der Waals surface area contributed by atoms with Crippen LogP contribution in [0.1, 0.15) is 38.2 Å². The minimum absolute atomic E-state index is 0.715. The van der Waals surface area contributed by atoms with Gasteiger partial charge in [-0.05, 0) is 42.4 Å². The molecule has 2 unspecified atom stereocenters. The van der Waals surface area contributed by atoms with Gasteiger partial charge in [0.05, 0.1) is 5.69 Å². The van der Waals surface area contributed by atoms with E-state index >= 15 is 0 Å². The van der Waals surface area contributed by atoms with Gasteiger partial charge in [0.2, 0.25) is 0 Å². The summed E-state index contributed by atoms with van der Waals surface area (Å²) in [6, 6.07) is 11.4. The largest absolute Gasteiger partial charge is 0.310 e. The molecule has 3 rings (SSSR count). The van der Waals surface area contributed by atoms with Gasteiger partial charge < -0.3 is 5.32 Å². The molecule has 0 aliphatic heterocycles. The molecule has 20 heavy (non-hydrogen) atoms. The Bertz CT molecular complexity index is 516. The van der Waals surface area contributed by atoms with Crippen LogP contribution in [0.2, 0.25) is 0 Å². The molecule has 0 amide bonds. The van der Waals surface area contributed by atoms with E-state index in [4.69, 9.17) is 0 Å². The Hall–Kier alpha value is -1.61. The lowest BCUT2D eigenvalue weighted by atomic mass is 10.1. The Morgan fingerprint density at radius 1 is 1.20 bits per heavy atom. The highest BCUT2D eigenvalue weighted by Crippen LogP contribution is 2.28. The summed E-state index contributed by atoms with van der Waals surface area (Å²) in [4.78, 5) is 0. The van der Waals surface area contributed by atoms with E-state index in [1.165, 1.54) is 36.8 Å². The molecule has 0 radical (unpaired) electrons. The molecule has 1 aliphatic rings. The quantitative estimate of drug-likeness (QED) is 0.868. The lowest BCUT2D eigenvalue weighted by Gasteiger charge is -2.13. The first-order valence-electron chi connectivity index (χ1n) is 7.67. The van der Waals surface area contributed by atoms with E-state index in [-0.39, 0.29) is 0 Å². The van der Waals surface area contributed by atoms with Gasteiger partial charge in [-0.1, -0.05) is 37.6 Å². The second kappa shape index (κ2) is 6.23. The molecule has 0 spiro atoms. The van der Waals surface area contributed by atoms with E-state index in [2.05, 4.69) is 46.7 Å². The Balaban J connectivity index is 1.54. The molecular formula is C17H23N3. The van der Waals surface area contributed by atoms with Crippen molar-refractivity contribution in [2.24, 2.45) is 5.92 Å². The maximum absolute atomic E-state index is 3.99. The third-order valence-corrected chi connectivity index (χ3v) is 4.48. The van der Waals surface area contributed by atoms with Gasteiger partial charge in [0.15, 0.2) is 0 Å². The average molecular weight is 269 g/mol. The van der Waals surface area contributed by atoms with Crippen LogP contribution in [0.4, 0.5) is 0 Å². The number of hydrogen-bond acceptors (Lipinski definition) is 2. The number of rotatable bonds is 5. The average Bonchev–Trinajstić information content (AvgIpc) is 3.17. The van der Waals surface area contributed by atoms with Crippen LogP contribution in [0.25, 0.3) is 11.3 Å². The highest BCUT2D eigenvalue weighted by Gasteiger charge is 2.22. The number of nitrogens with one attached hydrogen (secondary N) is 2. The summed E-state index contributed by atoms with van der Waals surface area (Å²) in [5, 5.41) is 10.7. The predicted molar refractivity (Wildman–Crippen MR) is 82.3 cm³/mol. The van der Waals surface area contributed by atoms with Crippen molar-refractivity contribution in [2.75, 3.05) is 0 Å². The van der Waals surface area contributed by atoms with Crippen LogP contribution in [0.15, 0.2) is 36.5 Å². The molecule has 1 heterocycles. The molecule has 0 bridgehead atoms. The van der Waals surface area contributed by atoms with Gasteiger partial charge in [0.25, 0.3) is 0 Å². The first kappa shape index (κ1) is 13.4. The summed E-state index contributed by atoms with van der Waals surface area (Å²) < 4.78 is 0. The van der Waals surface area contributed by atoms with E-state index in [0.29, 0.717) is 6.04 Å². The van der Waals surface area contributed by atoms with E-state index in [9.17, 15) is 0 Å². The molecule has 1 aromatic carbocycles. The third kappa shape index (κ3) is 3.10. The fourth-order valence-electron chi connectivity index (χ4n) is 3.11. The summed E-state index contributed by atoms with van der Waals surface area (Å²) in [6.45, 7) is 3.28. The number of benzene rings is 1. The van der Waals surface area contributed by atoms with Crippen molar-refractivity contribution in [1.29, 1.82) is 0 Å². The zero-order valence-electron chi connectivity index (χ0n) is 12.1. The molecule has 1 aliphatic carbocycles. The Morgan fingerprint density at radius 3 is 2.70 bits per heavy atom. The van der Waals surface area contributed by atoms with Crippen molar-refractivity contribution in [3.8, 4) is 11.3 Å². The van der Waals surface area contributed by atoms with Crippen LogP contribution in [0.5, 0.6) is 0 Å². The molecule has 1 aromatic heterocycles. The monoisotopic (exact) mass is 269 g/mol. The first-order chi connectivity index (χ1) is 9.85. The molecule has 3 nitrogen and oxygen atoms in total. The third-order valence-electron chi connectivity index (χ3n) is 4.48. The number of hydrogen-bond donors (Lipinski definition) is 2. The standard InChI is InChI=1S/C17H23N3/c1-2-13-5-8-16(11-13)18-12-14-3-6-15(7-4-14)17-9-10-19-20-17/h3-4,6-7,9-10,13,16,18H,2,5,8,11-12H2,1H3,(H,19,20). The van der Waals surface area contributed by atoms with Crippen molar-refractivity contribution < 1.29 is 0 Å². The van der Waals surface area contributed by atoms with Gasteiger partial charge in [-0.3, -0.25) is 5.10 Å². The summed E-state index contributed by atoms with van der Waals surface area (Å²) in [5.41, 5.74) is 3.62. The van der Waals surface area contributed by atoms with Crippen LogP contribution in [-0.4, -0.2) is 16.2 Å². The summed E-state index contributed by atoms with van der Waals surface area (Å²) in [7, 11) is 0. The summed E-state index contributed by atoms with van der Waals surface area (Å²) in [6.07, 6.45) is 7.20. The van der Waals surface area contributed by atoms with Gasteiger partial charge in [-0.25, -0.2) is 0 Å². The summed E-state index contributed by atoms with van der Waals surface area (Å²) in [5.74, 6) is 0.940. The van der Waals surface area contributed by atoms with Crippen molar-refractivity contribution in [1.82, 2.24) is 15.5 Å². The van der Waals surface area contributed by atoms with Crippen molar-refractivity contribution >= 4 is 0 Å². The maximum atomic E-state index is 3.99. The van der Waals surface area contributed by atoms with Gasteiger partial charge in [0.1, 0.15) is 0 Å². The van der Waals surface area contributed by atoms with Crippen LogP contribution < -0.4 is 5.32 Å². The molecule has 2 atom stereocenters. The highest BCUT2D eigenvalue weighted by molar-refractivity contribution is 5.58. The molecular weight excluding hydrogens is 246 g/mol. The van der Waals surface area contributed by atoms with Crippen molar-refractivity contribution in [3.63, 3.8) is 0 Å². The van der Waals surface area contributed by atoms with Crippen LogP contribution in [0, 0.1) is 5.92 Å². The van der Waals surface area contributed by atoms with E-state index in [1.54, 1.807) is 6.20 Å².